The molecule has 4 rings (SSSR count). The maximum absolute atomic E-state index is 4.95. The Morgan fingerprint density at radius 2 is 1.26 bits per heavy atom. The summed E-state index contributed by atoms with van der Waals surface area (Å²) in [6.45, 7) is 0. The molecule has 0 aliphatic heterocycles. The van der Waals surface area contributed by atoms with Gasteiger partial charge in [-0.25, -0.2) is 4.99 Å². The molecule has 0 atom stereocenters. The van der Waals surface area contributed by atoms with Crippen LogP contribution in [-0.2, 0) is 7.05 Å². The van der Waals surface area contributed by atoms with E-state index in [0.29, 0.717) is 0 Å². The molecule has 0 radical (unpaired) electrons. The molecule has 0 aliphatic carbocycles. The van der Waals surface area contributed by atoms with Gasteiger partial charge in [-0.15, -0.1) is 0 Å². The molecule has 2 nitrogen and oxygen atoms in total. The van der Waals surface area contributed by atoms with E-state index in [-0.39, 0.29) is 0 Å². The lowest BCUT2D eigenvalue weighted by Crippen LogP contribution is -2.10. The lowest BCUT2D eigenvalue weighted by Gasteiger charge is -2.11. The normalized spacial score (nSPS) is 11.0. The first-order valence-corrected chi connectivity index (χ1v) is 8.30. The largest absolute Gasteiger partial charge is 0.344 e. The molecule has 112 valence electrons. The Kier molecular flexibility index (Phi) is 3.50. The van der Waals surface area contributed by atoms with Crippen LogP contribution < -0.4 is 5.36 Å². The summed E-state index contributed by atoms with van der Waals surface area (Å²) in [4.78, 5) is 4.95. The zero-order valence-corrected chi connectivity index (χ0v) is 14.3. The Morgan fingerprint density at radius 1 is 0.739 bits per heavy atom. The fourth-order valence-corrected chi connectivity index (χ4v) is 3.24. The minimum atomic E-state index is 0.956. The number of rotatable bonds is 1. The quantitative estimate of drug-likeness (QED) is 0.407. The minimum Gasteiger partial charge on any atom is -0.344 e. The highest BCUT2D eigenvalue weighted by atomic mass is 79.9. The van der Waals surface area contributed by atoms with Crippen molar-refractivity contribution >= 4 is 43.4 Å². The molecular weight excluding hydrogens is 348 g/mol. The van der Waals surface area contributed by atoms with E-state index in [2.05, 4.69) is 76.1 Å². The molecule has 1 aromatic heterocycles. The maximum Gasteiger partial charge on any atom is 0.0823 e. The third-order valence-electron chi connectivity index (χ3n) is 4.11. The maximum atomic E-state index is 4.95. The van der Waals surface area contributed by atoms with Crippen molar-refractivity contribution in [2.75, 3.05) is 0 Å². The van der Waals surface area contributed by atoms with E-state index in [0.717, 1.165) is 26.3 Å². The van der Waals surface area contributed by atoms with Crippen molar-refractivity contribution in [2.45, 2.75) is 0 Å². The first-order chi connectivity index (χ1) is 11.2. The first-order valence-electron chi connectivity index (χ1n) is 7.51. The van der Waals surface area contributed by atoms with E-state index >= 15 is 0 Å². The highest BCUT2D eigenvalue weighted by molar-refractivity contribution is 9.10. The summed E-state index contributed by atoms with van der Waals surface area (Å²) in [5.74, 6) is 0. The number of aryl methyl sites for hydroxylation is 1. The van der Waals surface area contributed by atoms with E-state index in [1.54, 1.807) is 0 Å². The van der Waals surface area contributed by atoms with Crippen molar-refractivity contribution in [3.63, 3.8) is 0 Å². The van der Waals surface area contributed by atoms with Gasteiger partial charge >= 0.3 is 0 Å². The predicted octanol–water partition coefficient (Wildman–Crippen LogP) is 5.33. The highest BCUT2D eigenvalue weighted by Gasteiger charge is 2.06. The van der Waals surface area contributed by atoms with Crippen LogP contribution in [-0.4, -0.2) is 4.57 Å². The van der Waals surface area contributed by atoms with Gasteiger partial charge in [-0.1, -0.05) is 52.3 Å². The Labute approximate surface area is 142 Å². The predicted molar refractivity (Wildman–Crippen MR) is 99.8 cm³/mol. The monoisotopic (exact) mass is 362 g/mol. The molecule has 0 aliphatic rings. The van der Waals surface area contributed by atoms with E-state index in [4.69, 9.17) is 4.99 Å². The molecule has 4 aromatic rings. The number of nitrogens with zero attached hydrogens (tertiary/aromatic N) is 2. The molecule has 0 saturated heterocycles. The molecule has 0 unspecified atom stereocenters. The number of benzene rings is 3. The highest BCUT2D eigenvalue weighted by Crippen LogP contribution is 2.20. The molecule has 0 fully saturated rings. The second kappa shape index (κ2) is 5.67. The zero-order chi connectivity index (χ0) is 15.8. The van der Waals surface area contributed by atoms with E-state index in [9.17, 15) is 0 Å². The molecule has 0 N–H and O–H groups in total. The van der Waals surface area contributed by atoms with Crippen LogP contribution in [0.3, 0.4) is 0 Å². The lowest BCUT2D eigenvalue weighted by atomic mass is 10.1. The van der Waals surface area contributed by atoms with Crippen LogP contribution in [0.15, 0.2) is 82.3 Å². The SMILES string of the molecule is Cn1c2ccccc2c(=Nc2ccc(Br)cc2)c2ccccc21. The molecule has 23 heavy (non-hydrogen) atoms. The Bertz CT molecular complexity index is 1020. The number of para-hydroxylation sites is 2. The topological polar surface area (TPSA) is 17.3 Å². The number of hydrogen-bond donors (Lipinski definition) is 0. The van der Waals surface area contributed by atoms with Gasteiger partial charge in [0.25, 0.3) is 0 Å². The van der Waals surface area contributed by atoms with Gasteiger partial charge in [0.15, 0.2) is 0 Å². The number of pyridine rings is 1. The molecule has 0 saturated carbocycles. The van der Waals surface area contributed by atoms with Crippen molar-refractivity contribution < 1.29 is 0 Å². The summed E-state index contributed by atoms with van der Waals surface area (Å²) in [5.41, 5.74) is 3.32. The molecule has 3 aromatic carbocycles. The number of fused-ring (bicyclic) bond motifs is 2. The van der Waals surface area contributed by atoms with Crippen LogP contribution in [0.2, 0.25) is 0 Å². The van der Waals surface area contributed by atoms with Crippen molar-refractivity contribution in [1.82, 2.24) is 4.57 Å². The van der Waals surface area contributed by atoms with Crippen LogP contribution in [0.4, 0.5) is 5.69 Å². The standard InChI is InChI=1S/C20H15BrN2/c1-23-18-8-4-2-6-16(18)20(17-7-3-5-9-19(17)23)22-15-12-10-14(21)11-13-15/h2-13H,1H3. The summed E-state index contributed by atoms with van der Waals surface area (Å²) in [7, 11) is 2.11. The zero-order valence-electron chi connectivity index (χ0n) is 12.7. The van der Waals surface area contributed by atoms with Gasteiger partial charge in [0.2, 0.25) is 0 Å². The van der Waals surface area contributed by atoms with Crippen LogP contribution in [0.1, 0.15) is 0 Å². The molecule has 0 spiro atoms. The Hall–Kier alpha value is -2.39. The molecule has 0 amide bonds. The average Bonchev–Trinajstić information content (AvgIpc) is 2.60. The van der Waals surface area contributed by atoms with E-state index < -0.39 is 0 Å². The van der Waals surface area contributed by atoms with Crippen LogP contribution in [0.5, 0.6) is 0 Å². The van der Waals surface area contributed by atoms with E-state index in [1.165, 1.54) is 11.0 Å². The van der Waals surface area contributed by atoms with Crippen LogP contribution in [0.25, 0.3) is 21.8 Å². The third kappa shape index (κ3) is 2.47. The fourth-order valence-electron chi connectivity index (χ4n) is 2.97. The van der Waals surface area contributed by atoms with Gasteiger partial charge in [-0.3, -0.25) is 0 Å². The third-order valence-corrected chi connectivity index (χ3v) is 4.64. The van der Waals surface area contributed by atoms with Gasteiger partial charge in [0.1, 0.15) is 0 Å². The number of halogens is 1. The summed E-state index contributed by atoms with van der Waals surface area (Å²) < 4.78 is 3.29. The van der Waals surface area contributed by atoms with Gasteiger partial charge in [-0.2, -0.15) is 0 Å². The summed E-state index contributed by atoms with van der Waals surface area (Å²) in [6, 6.07) is 24.9. The second-order valence-corrected chi connectivity index (χ2v) is 6.45. The molecule has 0 bridgehead atoms. The Balaban J connectivity index is 2.18. The summed E-state index contributed by atoms with van der Waals surface area (Å²) >= 11 is 3.47. The summed E-state index contributed by atoms with van der Waals surface area (Å²) in [6.07, 6.45) is 0. The van der Waals surface area contributed by atoms with E-state index in [1.807, 2.05) is 24.3 Å². The molecular formula is C20H15BrN2. The molecule has 3 heteroatoms. The van der Waals surface area contributed by atoms with Crippen molar-refractivity contribution in [3.05, 3.63) is 82.6 Å². The minimum absolute atomic E-state index is 0.956. The van der Waals surface area contributed by atoms with Gasteiger partial charge < -0.3 is 4.57 Å². The first kappa shape index (κ1) is 14.2. The van der Waals surface area contributed by atoms with Gasteiger partial charge in [-0.05, 0) is 36.4 Å². The Morgan fingerprint density at radius 3 is 1.83 bits per heavy atom. The van der Waals surface area contributed by atoms with Gasteiger partial charge in [0, 0.05) is 22.3 Å². The van der Waals surface area contributed by atoms with Gasteiger partial charge in [0.05, 0.1) is 22.1 Å². The smallest absolute Gasteiger partial charge is 0.0823 e. The summed E-state index contributed by atoms with van der Waals surface area (Å²) in [5, 5.41) is 3.35. The molecule has 1 heterocycles. The van der Waals surface area contributed by atoms with Crippen LogP contribution in [0, 0.1) is 0 Å². The van der Waals surface area contributed by atoms with Crippen molar-refractivity contribution in [3.8, 4) is 0 Å². The fraction of sp³-hybridized carbons (Fsp3) is 0.0500. The lowest BCUT2D eigenvalue weighted by molar-refractivity contribution is 1.00. The van der Waals surface area contributed by atoms with Crippen molar-refractivity contribution in [2.24, 2.45) is 12.0 Å². The number of hydrogen-bond acceptors (Lipinski definition) is 1. The second-order valence-electron chi connectivity index (χ2n) is 5.53. The van der Waals surface area contributed by atoms with Crippen LogP contribution >= 0.6 is 15.9 Å². The number of aromatic nitrogens is 1. The average molecular weight is 363 g/mol. The van der Waals surface area contributed by atoms with Crippen molar-refractivity contribution in [1.29, 1.82) is 0 Å².